The van der Waals surface area contributed by atoms with Crippen molar-refractivity contribution >= 4 is 17.3 Å². The largest absolute Gasteiger partial charge is 0.387 e. The van der Waals surface area contributed by atoms with Crippen molar-refractivity contribution < 1.29 is 18.8 Å². The van der Waals surface area contributed by atoms with Gasteiger partial charge >= 0.3 is 0 Å². The minimum absolute atomic E-state index is 0.230. The molecule has 0 spiro atoms. The molecule has 2 aromatic carbocycles. The quantitative estimate of drug-likeness (QED) is 0.863. The second-order valence-corrected chi connectivity index (χ2v) is 6.81. The van der Waals surface area contributed by atoms with Gasteiger partial charge in [-0.15, -0.1) is 0 Å². The van der Waals surface area contributed by atoms with E-state index in [1.165, 1.54) is 6.07 Å². The fourth-order valence-electron chi connectivity index (χ4n) is 3.36. The van der Waals surface area contributed by atoms with Crippen molar-refractivity contribution in [3.8, 4) is 0 Å². The Morgan fingerprint density at radius 3 is 2.71 bits per heavy atom. The molecule has 0 aromatic heterocycles. The molecule has 2 heterocycles. The van der Waals surface area contributed by atoms with Crippen LogP contribution in [0.25, 0.3) is 0 Å². The van der Waals surface area contributed by atoms with Gasteiger partial charge in [0.15, 0.2) is 6.10 Å². The summed E-state index contributed by atoms with van der Waals surface area (Å²) in [6, 6.07) is 14.7. The van der Waals surface area contributed by atoms with E-state index in [1.807, 2.05) is 41.3 Å². The lowest BCUT2D eigenvalue weighted by Crippen LogP contribution is -2.36. The van der Waals surface area contributed by atoms with E-state index in [0.717, 1.165) is 5.56 Å². The third-order valence-electron chi connectivity index (χ3n) is 4.92. The number of amides is 1. The number of rotatable bonds is 5. The van der Waals surface area contributed by atoms with Crippen molar-refractivity contribution in [2.24, 2.45) is 5.16 Å². The smallest absolute Gasteiger partial charge is 0.269 e. The number of benzene rings is 2. The third kappa shape index (κ3) is 4.14. The topological polar surface area (TPSA) is 63.2 Å². The Hall–Kier alpha value is -2.93. The maximum atomic E-state index is 14.5. The Balaban J connectivity index is 1.32. The van der Waals surface area contributed by atoms with E-state index in [2.05, 4.69) is 10.5 Å². The van der Waals surface area contributed by atoms with Crippen molar-refractivity contribution in [2.75, 3.05) is 31.2 Å². The lowest BCUT2D eigenvalue weighted by Gasteiger charge is -2.29. The van der Waals surface area contributed by atoms with Gasteiger partial charge in [-0.05, 0) is 23.3 Å². The molecule has 7 heteroatoms. The van der Waals surface area contributed by atoms with Crippen molar-refractivity contribution in [3.05, 3.63) is 65.5 Å². The third-order valence-corrected chi connectivity index (χ3v) is 4.92. The summed E-state index contributed by atoms with van der Waals surface area (Å²) >= 11 is 0. The monoisotopic (exact) mass is 383 g/mol. The molecule has 0 radical (unpaired) electrons. The number of hydrogen-bond donors (Lipinski definition) is 1. The second kappa shape index (κ2) is 8.39. The summed E-state index contributed by atoms with van der Waals surface area (Å²) in [5.41, 5.74) is 2.59. The van der Waals surface area contributed by atoms with Crippen LogP contribution < -0.4 is 10.2 Å². The fraction of sp³-hybridized carbons (Fsp3) is 0.333. The molecule has 0 aliphatic carbocycles. The Kier molecular flexibility index (Phi) is 5.53. The van der Waals surface area contributed by atoms with E-state index in [4.69, 9.17) is 9.57 Å². The van der Waals surface area contributed by atoms with Crippen molar-refractivity contribution in [1.82, 2.24) is 5.32 Å². The van der Waals surface area contributed by atoms with Gasteiger partial charge < -0.3 is 19.8 Å². The van der Waals surface area contributed by atoms with E-state index >= 15 is 0 Å². The number of oxime groups is 1. The SMILES string of the molecule is O=C(NCc1ccc(N2CCOCC2)c(F)c1)C1=NOC(c2ccccc2)C1. The summed E-state index contributed by atoms with van der Waals surface area (Å²) < 4.78 is 19.8. The first-order chi connectivity index (χ1) is 13.7. The molecule has 28 heavy (non-hydrogen) atoms. The molecule has 2 aliphatic rings. The normalized spacial score (nSPS) is 19.1. The zero-order valence-corrected chi connectivity index (χ0v) is 15.4. The number of anilines is 1. The van der Waals surface area contributed by atoms with E-state index in [0.29, 0.717) is 49.7 Å². The summed E-state index contributed by atoms with van der Waals surface area (Å²) in [6.45, 7) is 2.79. The Morgan fingerprint density at radius 2 is 1.96 bits per heavy atom. The van der Waals surface area contributed by atoms with Crippen LogP contribution in [0.15, 0.2) is 53.7 Å². The molecule has 1 N–H and O–H groups in total. The summed E-state index contributed by atoms with van der Waals surface area (Å²) in [5, 5.41) is 6.70. The average Bonchev–Trinajstić information content (AvgIpc) is 3.24. The van der Waals surface area contributed by atoms with Crippen LogP contribution in [0.5, 0.6) is 0 Å². The molecule has 1 fully saturated rings. The molecular formula is C21H22FN3O3. The van der Waals surface area contributed by atoms with Crippen LogP contribution in [0.2, 0.25) is 0 Å². The second-order valence-electron chi connectivity index (χ2n) is 6.81. The molecule has 2 aliphatic heterocycles. The van der Waals surface area contributed by atoms with Gasteiger partial charge in [0.25, 0.3) is 5.91 Å². The standard InChI is InChI=1S/C21H22FN3O3/c22-17-12-15(6-7-19(17)25-8-10-27-11-9-25)14-23-21(26)18-13-20(28-24-18)16-4-2-1-3-5-16/h1-7,12,20H,8-11,13-14H2,(H,23,26). The number of carbonyl (C=O) groups excluding carboxylic acids is 1. The number of morpholine rings is 1. The molecule has 1 unspecified atom stereocenters. The lowest BCUT2D eigenvalue weighted by molar-refractivity contribution is -0.115. The highest BCUT2D eigenvalue weighted by Gasteiger charge is 2.27. The summed E-state index contributed by atoms with van der Waals surface area (Å²) in [4.78, 5) is 19.7. The molecule has 1 atom stereocenters. The van der Waals surface area contributed by atoms with Crippen molar-refractivity contribution in [3.63, 3.8) is 0 Å². The van der Waals surface area contributed by atoms with E-state index < -0.39 is 0 Å². The predicted octanol–water partition coefficient (Wildman–Crippen LogP) is 2.80. The summed E-state index contributed by atoms with van der Waals surface area (Å²) in [5.74, 6) is -0.588. The zero-order chi connectivity index (χ0) is 19.3. The number of carbonyl (C=O) groups is 1. The first-order valence-electron chi connectivity index (χ1n) is 9.37. The molecule has 1 amide bonds. The van der Waals surface area contributed by atoms with Gasteiger partial charge in [0.2, 0.25) is 0 Å². The Morgan fingerprint density at radius 1 is 1.18 bits per heavy atom. The molecule has 0 bridgehead atoms. The van der Waals surface area contributed by atoms with E-state index in [-0.39, 0.29) is 24.4 Å². The molecule has 4 rings (SSSR count). The Bertz CT molecular complexity index is 866. The van der Waals surface area contributed by atoms with E-state index in [1.54, 1.807) is 6.07 Å². The lowest BCUT2D eigenvalue weighted by atomic mass is 10.0. The number of ether oxygens (including phenoxy) is 1. The minimum atomic E-state index is -0.295. The van der Waals surface area contributed by atoms with Crippen LogP contribution in [0.3, 0.4) is 0 Å². The van der Waals surface area contributed by atoms with Crippen LogP contribution in [-0.4, -0.2) is 37.9 Å². The van der Waals surface area contributed by atoms with Crippen molar-refractivity contribution in [2.45, 2.75) is 19.1 Å². The first-order valence-corrected chi connectivity index (χ1v) is 9.37. The van der Waals surface area contributed by atoms with Gasteiger partial charge in [0.1, 0.15) is 11.5 Å². The van der Waals surface area contributed by atoms with Gasteiger partial charge in [-0.1, -0.05) is 41.6 Å². The molecular weight excluding hydrogens is 361 g/mol. The highest BCUT2D eigenvalue weighted by Crippen LogP contribution is 2.27. The van der Waals surface area contributed by atoms with Crippen molar-refractivity contribution in [1.29, 1.82) is 0 Å². The summed E-state index contributed by atoms with van der Waals surface area (Å²) in [7, 11) is 0. The molecule has 2 aromatic rings. The minimum Gasteiger partial charge on any atom is -0.387 e. The molecule has 1 saturated heterocycles. The maximum Gasteiger partial charge on any atom is 0.269 e. The maximum absolute atomic E-state index is 14.5. The van der Waals surface area contributed by atoms with Gasteiger partial charge in [-0.2, -0.15) is 0 Å². The molecule has 0 saturated carbocycles. The fourth-order valence-corrected chi connectivity index (χ4v) is 3.36. The number of nitrogens with one attached hydrogen (secondary N) is 1. The van der Waals surface area contributed by atoms with E-state index in [9.17, 15) is 9.18 Å². The van der Waals surface area contributed by atoms with Crippen LogP contribution in [0.1, 0.15) is 23.7 Å². The molecule has 6 nitrogen and oxygen atoms in total. The van der Waals surface area contributed by atoms with Gasteiger partial charge in [0.05, 0.1) is 18.9 Å². The van der Waals surface area contributed by atoms with Crippen LogP contribution >= 0.6 is 0 Å². The van der Waals surface area contributed by atoms with Gasteiger partial charge in [-0.3, -0.25) is 4.79 Å². The number of nitrogens with zero attached hydrogens (tertiary/aromatic N) is 2. The number of halogens is 1. The van der Waals surface area contributed by atoms with Gasteiger partial charge in [0, 0.05) is 26.1 Å². The first kappa shape index (κ1) is 18.4. The molecule has 146 valence electrons. The Labute approximate surface area is 162 Å². The number of hydrogen-bond acceptors (Lipinski definition) is 5. The zero-order valence-electron chi connectivity index (χ0n) is 15.4. The van der Waals surface area contributed by atoms with Crippen LogP contribution in [0.4, 0.5) is 10.1 Å². The summed E-state index contributed by atoms with van der Waals surface area (Å²) in [6.07, 6.45) is 0.174. The highest BCUT2D eigenvalue weighted by atomic mass is 19.1. The van der Waals surface area contributed by atoms with Gasteiger partial charge in [-0.25, -0.2) is 4.39 Å². The highest BCUT2D eigenvalue weighted by molar-refractivity contribution is 6.39. The van der Waals surface area contributed by atoms with Crippen LogP contribution in [0, 0.1) is 5.82 Å². The average molecular weight is 383 g/mol. The predicted molar refractivity (Wildman–Crippen MR) is 104 cm³/mol. The van der Waals surface area contributed by atoms with Crippen LogP contribution in [-0.2, 0) is 20.9 Å².